The first-order chi connectivity index (χ1) is 10.9. The van der Waals surface area contributed by atoms with Gasteiger partial charge in [-0.3, -0.25) is 9.59 Å². The molecular formula is C18H27N3O2. The predicted molar refractivity (Wildman–Crippen MR) is 92.1 cm³/mol. The Bertz CT molecular complexity index is 552. The zero-order valence-electron chi connectivity index (χ0n) is 14.5. The molecule has 2 rings (SSSR count). The largest absolute Gasteiger partial charge is 0.378 e. The summed E-state index contributed by atoms with van der Waals surface area (Å²) >= 11 is 0. The monoisotopic (exact) mass is 317 g/mol. The normalized spacial score (nSPS) is 17.7. The maximum atomic E-state index is 12.3. The van der Waals surface area contributed by atoms with Crippen LogP contribution in [0.5, 0.6) is 0 Å². The summed E-state index contributed by atoms with van der Waals surface area (Å²) in [5.41, 5.74) is 2.19. The van der Waals surface area contributed by atoms with Gasteiger partial charge >= 0.3 is 0 Å². The van der Waals surface area contributed by atoms with Gasteiger partial charge < -0.3 is 15.1 Å². The van der Waals surface area contributed by atoms with Crippen molar-refractivity contribution in [3.8, 4) is 0 Å². The second kappa shape index (κ2) is 7.49. The lowest BCUT2D eigenvalue weighted by molar-refractivity contribution is -0.129. The molecule has 1 aliphatic rings. The average molecular weight is 317 g/mol. The Morgan fingerprint density at radius 2 is 1.96 bits per heavy atom. The first-order valence-corrected chi connectivity index (χ1v) is 8.18. The summed E-state index contributed by atoms with van der Waals surface area (Å²) in [7, 11) is 3.99. The average Bonchev–Trinajstić information content (AvgIpc) is 2.85. The van der Waals surface area contributed by atoms with E-state index in [9.17, 15) is 9.59 Å². The van der Waals surface area contributed by atoms with E-state index in [0.29, 0.717) is 25.4 Å². The summed E-state index contributed by atoms with van der Waals surface area (Å²) in [5, 5.41) is 2.95. The summed E-state index contributed by atoms with van der Waals surface area (Å²) in [6.07, 6.45) is 0.331. The molecule has 0 radical (unpaired) electrons. The van der Waals surface area contributed by atoms with Crippen molar-refractivity contribution >= 4 is 17.5 Å². The highest BCUT2D eigenvalue weighted by Crippen LogP contribution is 2.19. The number of nitrogens with one attached hydrogen (secondary N) is 1. The summed E-state index contributed by atoms with van der Waals surface area (Å²) in [5.74, 6) is 0.272. The van der Waals surface area contributed by atoms with Crippen LogP contribution in [0.1, 0.15) is 25.8 Å². The fourth-order valence-corrected chi connectivity index (χ4v) is 2.81. The molecule has 1 fully saturated rings. The molecule has 1 N–H and O–H groups in total. The van der Waals surface area contributed by atoms with Gasteiger partial charge in [-0.2, -0.15) is 0 Å². The minimum absolute atomic E-state index is 0.0266. The van der Waals surface area contributed by atoms with E-state index in [1.165, 1.54) is 0 Å². The molecule has 0 spiro atoms. The maximum Gasteiger partial charge on any atom is 0.225 e. The Kier molecular flexibility index (Phi) is 5.64. The quantitative estimate of drug-likeness (QED) is 0.871. The van der Waals surface area contributed by atoms with Crippen LogP contribution in [0.25, 0.3) is 0 Å². The number of benzene rings is 1. The van der Waals surface area contributed by atoms with Crippen molar-refractivity contribution in [2.75, 3.05) is 32.1 Å². The summed E-state index contributed by atoms with van der Waals surface area (Å²) in [6.45, 7) is 5.94. The van der Waals surface area contributed by atoms with E-state index >= 15 is 0 Å². The van der Waals surface area contributed by atoms with Crippen molar-refractivity contribution in [1.82, 2.24) is 10.2 Å². The Hall–Kier alpha value is -2.04. The Labute approximate surface area is 138 Å². The van der Waals surface area contributed by atoms with Crippen LogP contribution in [0.4, 0.5) is 5.69 Å². The lowest BCUT2D eigenvalue weighted by atomic mass is 10.1. The summed E-state index contributed by atoms with van der Waals surface area (Å²) in [4.78, 5) is 28.1. The molecule has 126 valence electrons. The molecule has 0 saturated carbocycles. The van der Waals surface area contributed by atoms with Gasteiger partial charge in [0.15, 0.2) is 0 Å². The topological polar surface area (TPSA) is 52.7 Å². The first kappa shape index (κ1) is 17.3. The second-order valence-corrected chi connectivity index (χ2v) is 6.87. The molecule has 5 heteroatoms. The van der Waals surface area contributed by atoms with Crippen molar-refractivity contribution in [3.63, 3.8) is 0 Å². The Morgan fingerprint density at radius 1 is 1.30 bits per heavy atom. The van der Waals surface area contributed by atoms with Gasteiger partial charge in [0.25, 0.3) is 0 Å². The highest BCUT2D eigenvalue weighted by molar-refractivity contribution is 5.89. The van der Waals surface area contributed by atoms with Gasteiger partial charge in [0.2, 0.25) is 11.8 Å². The smallest absolute Gasteiger partial charge is 0.225 e. The third-order valence-electron chi connectivity index (χ3n) is 4.09. The molecule has 1 atom stereocenters. The lowest BCUT2D eigenvalue weighted by Gasteiger charge is -2.18. The van der Waals surface area contributed by atoms with E-state index in [4.69, 9.17) is 0 Å². The van der Waals surface area contributed by atoms with Crippen molar-refractivity contribution < 1.29 is 9.59 Å². The molecule has 5 nitrogen and oxygen atoms in total. The van der Waals surface area contributed by atoms with E-state index in [0.717, 1.165) is 17.8 Å². The molecule has 1 aliphatic heterocycles. The van der Waals surface area contributed by atoms with Gasteiger partial charge in [-0.1, -0.05) is 26.0 Å². The van der Waals surface area contributed by atoms with Crippen molar-refractivity contribution in [1.29, 1.82) is 0 Å². The summed E-state index contributed by atoms with van der Waals surface area (Å²) < 4.78 is 0. The second-order valence-electron chi connectivity index (χ2n) is 6.87. The van der Waals surface area contributed by atoms with Crippen molar-refractivity contribution in [2.45, 2.75) is 26.8 Å². The van der Waals surface area contributed by atoms with Crippen LogP contribution < -0.4 is 10.2 Å². The third kappa shape index (κ3) is 4.71. The number of likely N-dealkylation sites (tertiary alicyclic amines) is 1. The van der Waals surface area contributed by atoms with Crippen LogP contribution in [0, 0.1) is 11.8 Å². The van der Waals surface area contributed by atoms with Crippen LogP contribution in [-0.2, 0) is 16.1 Å². The van der Waals surface area contributed by atoms with Crippen LogP contribution in [0.2, 0.25) is 0 Å². The fraction of sp³-hybridized carbons (Fsp3) is 0.556. The van der Waals surface area contributed by atoms with E-state index in [1.807, 2.05) is 43.3 Å². The van der Waals surface area contributed by atoms with E-state index in [-0.39, 0.29) is 17.7 Å². The molecule has 1 saturated heterocycles. The van der Waals surface area contributed by atoms with Crippen LogP contribution >= 0.6 is 0 Å². The van der Waals surface area contributed by atoms with Gasteiger partial charge in [0.05, 0.1) is 5.92 Å². The number of hydrogen-bond donors (Lipinski definition) is 1. The lowest BCUT2D eigenvalue weighted by Crippen LogP contribution is -2.33. The zero-order valence-corrected chi connectivity index (χ0v) is 14.5. The molecule has 0 aliphatic carbocycles. The van der Waals surface area contributed by atoms with Crippen LogP contribution in [-0.4, -0.2) is 43.9 Å². The SMILES string of the molecule is CC(C)CN1C[C@H](C(=O)NCc2ccc(N(C)C)cc2)CC1=O. The molecule has 1 aromatic rings. The molecule has 0 aromatic heterocycles. The molecule has 1 aromatic carbocycles. The molecule has 1 heterocycles. The zero-order chi connectivity index (χ0) is 17.0. The minimum atomic E-state index is -0.220. The van der Waals surface area contributed by atoms with Gasteiger partial charge in [-0.25, -0.2) is 0 Å². The fourth-order valence-electron chi connectivity index (χ4n) is 2.81. The number of carbonyl (C=O) groups is 2. The van der Waals surface area contributed by atoms with Crippen LogP contribution in [0.15, 0.2) is 24.3 Å². The Morgan fingerprint density at radius 3 is 2.52 bits per heavy atom. The number of carbonyl (C=O) groups excluding carboxylic acids is 2. The first-order valence-electron chi connectivity index (χ1n) is 8.18. The predicted octanol–water partition coefficient (Wildman–Crippen LogP) is 1.87. The number of amides is 2. The highest BCUT2D eigenvalue weighted by atomic mass is 16.2. The van der Waals surface area contributed by atoms with Gasteiger partial charge in [0, 0.05) is 45.8 Å². The van der Waals surface area contributed by atoms with E-state index in [1.54, 1.807) is 4.90 Å². The minimum Gasteiger partial charge on any atom is -0.378 e. The van der Waals surface area contributed by atoms with E-state index in [2.05, 4.69) is 19.2 Å². The standard InChI is InChI=1S/C18H27N3O2/c1-13(2)11-21-12-15(9-17(21)22)18(23)19-10-14-5-7-16(8-6-14)20(3)4/h5-8,13,15H,9-12H2,1-4H3,(H,19,23)/t15-/m1/s1. The van der Waals surface area contributed by atoms with Gasteiger partial charge in [-0.05, 0) is 23.6 Å². The molecule has 23 heavy (non-hydrogen) atoms. The molecule has 0 unspecified atom stereocenters. The van der Waals surface area contributed by atoms with E-state index < -0.39 is 0 Å². The number of rotatable bonds is 6. The van der Waals surface area contributed by atoms with Gasteiger partial charge in [-0.15, -0.1) is 0 Å². The van der Waals surface area contributed by atoms with Crippen molar-refractivity contribution in [2.24, 2.45) is 11.8 Å². The maximum absolute atomic E-state index is 12.3. The Balaban J connectivity index is 1.84. The molecule has 2 amide bonds. The van der Waals surface area contributed by atoms with Gasteiger partial charge in [0.1, 0.15) is 0 Å². The van der Waals surface area contributed by atoms with Crippen LogP contribution in [0.3, 0.4) is 0 Å². The number of hydrogen-bond acceptors (Lipinski definition) is 3. The number of anilines is 1. The number of nitrogens with zero attached hydrogens (tertiary/aromatic N) is 2. The van der Waals surface area contributed by atoms with Crippen molar-refractivity contribution in [3.05, 3.63) is 29.8 Å². The molecular weight excluding hydrogens is 290 g/mol. The summed E-state index contributed by atoms with van der Waals surface area (Å²) in [6, 6.07) is 8.09. The third-order valence-corrected chi connectivity index (χ3v) is 4.09. The highest BCUT2D eigenvalue weighted by Gasteiger charge is 2.34. The molecule has 0 bridgehead atoms.